The number of carbonyl (C=O) groups is 1. The van der Waals surface area contributed by atoms with Crippen LogP contribution in [-0.2, 0) is 0 Å². The van der Waals surface area contributed by atoms with Crippen molar-refractivity contribution in [3.05, 3.63) is 52.1 Å². The monoisotopic (exact) mass is 347 g/mol. The Morgan fingerprint density at radius 2 is 2.00 bits per heavy atom. The van der Waals surface area contributed by atoms with E-state index in [1.807, 2.05) is 5.32 Å². The molecule has 2 rings (SSSR count). The molecule has 0 saturated carbocycles. The molecule has 1 amide bonds. The first-order valence-corrected chi connectivity index (χ1v) is 7.24. The molecule has 0 bridgehead atoms. The zero-order valence-corrected chi connectivity index (χ0v) is 13.2. The van der Waals surface area contributed by atoms with Crippen LogP contribution in [0.3, 0.4) is 0 Å². The first kappa shape index (κ1) is 17.9. The third kappa shape index (κ3) is 4.32. The summed E-state index contributed by atoms with van der Waals surface area (Å²) in [6, 6.07) is 9.27. The second-order valence-corrected chi connectivity index (χ2v) is 5.26. The van der Waals surface area contributed by atoms with Crippen LogP contribution in [0.1, 0.15) is 18.6 Å². The highest BCUT2D eigenvalue weighted by Crippen LogP contribution is 2.33. The predicted octanol–water partition coefficient (Wildman–Crippen LogP) is 2.20. The molecule has 0 saturated heterocycles. The summed E-state index contributed by atoms with van der Waals surface area (Å²) < 4.78 is 0. The van der Waals surface area contributed by atoms with Gasteiger partial charge in [-0.3, -0.25) is 15.4 Å². The molecule has 132 valence electrons. The fourth-order valence-electron chi connectivity index (χ4n) is 2.30. The van der Waals surface area contributed by atoms with Crippen molar-refractivity contribution in [1.82, 2.24) is 4.98 Å². The minimum atomic E-state index is -1.39. The zero-order valence-electron chi connectivity index (χ0n) is 13.2. The minimum Gasteiger partial charge on any atom is -0.465 e. The van der Waals surface area contributed by atoms with Gasteiger partial charge in [-0.1, -0.05) is 30.3 Å². The number of rotatable bonds is 6. The van der Waals surface area contributed by atoms with Gasteiger partial charge >= 0.3 is 11.8 Å². The number of anilines is 3. The maximum atomic E-state index is 11.2. The molecule has 2 unspecified atom stereocenters. The third-order valence-corrected chi connectivity index (χ3v) is 3.44. The molecule has 0 radical (unpaired) electrons. The van der Waals surface area contributed by atoms with Crippen molar-refractivity contribution < 1.29 is 19.9 Å². The van der Waals surface area contributed by atoms with Gasteiger partial charge in [0.15, 0.2) is 0 Å². The molecule has 1 aromatic carbocycles. The normalized spacial score (nSPS) is 12.9. The quantitative estimate of drug-likeness (QED) is 0.392. The molecule has 10 heteroatoms. The van der Waals surface area contributed by atoms with E-state index in [9.17, 15) is 20.0 Å². The number of nitrogen functional groups attached to an aromatic ring is 1. The summed E-state index contributed by atoms with van der Waals surface area (Å²) in [5.74, 6) is -0.611. The number of amides is 1. The molecule has 2 aromatic rings. The van der Waals surface area contributed by atoms with Crippen molar-refractivity contribution in [3.8, 4) is 0 Å². The Bertz CT molecular complexity index is 783. The number of aromatic nitrogens is 1. The standard InChI is InChI=1S/C15H17N5O5/c1-8(13(21)9-5-3-2-4-6-9)17-10-7-11(19-15(22)23)18-14(16)12(10)20(24)25/h2-8,13,21H,1H3,(H,22,23)(H4,16,17,18,19). The van der Waals surface area contributed by atoms with Gasteiger partial charge in [-0.25, -0.2) is 9.78 Å². The SMILES string of the molecule is CC(Nc1cc(NC(=O)O)nc(N)c1[N+](=O)[O-])C(O)c1ccccc1. The first-order valence-electron chi connectivity index (χ1n) is 7.24. The zero-order chi connectivity index (χ0) is 18.6. The number of hydrogen-bond donors (Lipinski definition) is 5. The first-order chi connectivity index (χ1) is 11.8. The highest BCUT2D eigenvalue weighted by atomic mass is 16.6. The van der Waals surface area contributed by atoms with Crippen LogP contribution in [0, 0.1) is 10.1 Å². The highest BCUT2D eigenvalue weighted by Gasteiger charge is 2.25. The Morgan fingerprint density at radius 1 is 1.36 bits per heavy atom. The van der Waals surface area contributed by atoms with Crippen molar-refractivity contribution >= 4 is 29.1 Å². The smallest absolute Gasteiger partial charge is 0.410 e. The van der Waals surface area contributed by atoms with E-state index in [2.05, 4.69) is 10.3 Å². The number of pyridine rings is 1. The maximum Gasteiger partial charge on any atom is 0.410 e. The van der Waals surface area contributed by atoms with Crippen LogP contribution in [0.4, 0.5) is 27.8 Å². The van der Waals surface area contributed by atoms with Crippen LogP contribution in [0.2, 0.25) is 0 Å². The summed E-state index contributed by atoms with van der Waals surface area (Å²) in [5, 5.41) is 35.2. The molecule has 0 aliphatic heterocycles. The van der Waals surface area contributed by atoms with E-state index in [0.29, 0.717) is 5.56 Å². The number of benzene rings is 1. The number of aliphatic hydroxyl groups is 1. The number of aliphatic hydroxyl groups excluding tert-OH is 1. The third-order valence-electron chi connectivity index (χ3n) is 3.44. The van der Waals surface area contributed by atoms with E-state index in [0.717, 1.165) is 6.07 Å². The van der Waals surface area contributed by atoms with Gasteiger partial charge in [0, 0.05) is 6.07 Å². The van der Waals surface area contributed by atoms with Crippen LogP contribution < -0.4 is 16.4 Å². The molecule has 2 atom stereocenters. The van der Waals surface area contributed by atoms with Crippen molar-refractivity contribution in [2.24, 2.45) is 0 Å². The fraction of sp³-hybridized carbons (Fsp3) is 0.200. The molecule has 1 heterocycles. The Labute approximate surface area is 142 Å². The van der Waals surface area contributed by atoms with E-state index in [4.69, 9.17) is 10.8 Å². The maximum absolute atomic E-state index is 11.2. The van der Waals surface area contributed by atoms with Gasteiger partial charge in [0.05, 0.1) is 17.1 Å². The van der Waals surface area contributed by atoms with Gasteiger partial charge in [-0.05, 0) is 12.5 Å². The van der Waals surface area contributed by atoms with E-state index in [-0.39, 0.29) is 11.5 Å². The van der Waals surface area contributed by atoms with Gasteiger partial charge in [-0.15, -0.1) is 0 Å². The number of hydrogen-bond acceptors (Lipinski definition) is 7. The number of nitrogens with one attached hydrogen (secondary N) is 2. The summed E-state index contributed by atoms with van der Waals surface area (Å²) in [5.41, 5.74) is 5.65. The Morgan fingerprint density at radius 3 is 2.56 bits per heavy atom. The molecular weight excluding hydrogens is 330 g/mol. The van der Waals surface area contributed by atoms with Crippen LogP contribution in [0.25, 0.3) is 0 Å². The van der Waals surface area contributed by atoms with Crippen LogP contribution in [0.5, 0.6) is 0 Å². The predicted molar refractivity (Wildman–Crippen MR) is 91.4 cm³/mol. The van der Waals surface area contributed by atoms with Gasteiger partial charge < -0.3 is 21.3 Å². The average Bonchev–Trinajstić information content (AvgIpc) is 2.53. The molecule has 10 nitrogen and oxygen atoms in total. The molecule has 0 spiro atoms. The molecule has 0 aliphatic carbocycles. The summed E-state index contributed by atoms with van der Waals surface area (Å²) in [6.07, 6.45) is -2.34. The Hall–Kier alpha value is -3.40. The van der Waals surface area contributed by atoms with E-state index >= 15 is 0 Å². The topological polar surface area (TPSA) is 164 Å². The molecule has 6 N–H and O–H groups in total. The van der Waals surface area contributed by atoms with Gasteiger partial charge in [0.1, 0.15) is 11.5 Å². The Kier molecular flexibility index (Phi) is 5.35. The lowest BCUT2D eigenvalue weighted by Crippen LogP contribution is -2.25. The van der Waals surface area contributed by atoms with Crippen molar-refractivity contribution in [2.45, 2.75) is 19.1 Å². The number of nitrogens with two attached hydrogens (primary N) is 1. The van der Waals surface area contributed by atoms with Gasteiger partial charge in [0.2, 0.25) is 5.82 Å². The lowest BCUT2D eigenvalue weighted by Gasteiger charge is -2.22. The molecular formula is C15H17N5O5. The molecule has 25 heavy (non-hydrogen) atoms. The fourth-order valence-corrected chi connectivity index (χ4v) is 2.30. The van der Waals surface area contributed by atoms with Crippen LogP contribution in [-0.4, -0.2) is 32.3 Å². The van der Waals surface area contributed by atoms with Crippen molar-refractivity contribution in [1.29, 1.82) is 0 Å². The highest BCUT2D eigenvalue weighted by molar-refractivity contribution is 5.85. The lowest BCUT2D eigenvalue weighted by atomic mass is 10.0. The van der Waals surface area contributed by atoms with Gasteiger partial charge in [0.25, 0.3) is 0 Å². The molecule has 1 aromatic heterocycles. The second kappa shape index (κ2) is 7.45. The minimum absolute atomic E-state index is 0.0521. The average molecular weight is 347 g/mol. The number of nitrogens with zero attached hydrogens (tertiary/aromatic N) is 2. The number of nitro groups is 1. The largest absolute Gasteiger partial charge is 0.465 e. The Balaban J connectivity index is 2.34. The summed E-state index contributed by atoms with van der Waals surface area (Å²) in [4.78, 5) is 24.9. The number of carboxylic acid groups (broad SMARTS) is 1. The van der Waals surface area contributed by atoms with Crippen molar-refractivity contribution in [2.75, 3.05) is 16.4 Å². The summed E-state index contributed by atoms with van der Waals surface area (Å²) in [6.45, 7) is 1.63. The summed E-state index contributed by atoms with van der Waals surface area (Å²) in [7, 11) is 0. The van der Waals surface area contributed by atoms with Crippen LogP contribution >= 0.6 is 0 Å². The van der Waals surface area contributed by atoms with Crippen molar-refractivity contribution in [3.63, 3.8) is 0 Å². The molecule has 0 aliphatic rings. The lowest BCUT2D eigenvalue weighted by molar-refractivity contribution is -0.383. The van der Waals surface area contributed by atoms with E-state index < -0.39 is 34.7 Å². The van der Waals surface area contributed by atoms with Crippen LogP contribution in [0.15, 0.2) is 36.4 Å². The van der Waals surface area contributed by atoms with E-state index in [1.54, 1.807) is 37.3 Å². The van der Waals surface area contributed by atoms with Gasteiger partial charge in [-0.2, -0.15) is 0 Å². The second-order valence-electron chi connectivity index (χ2n) is 5.26. The van der Waals surface area contributed by atoms with E-state index in [1.165, 1.54) is 0 Å². The molecule has 0 fully saturated rings. The summed E-state index contributed by atoms with van der Waals surface area (Å²) >= 11 is 0.